The van der Waals surface area contributed by atoms with Gasteiger partial charge in [-0.15, -0.1) is 0 Å². The van der Waals surface area contributed by atoms with Crippen LogP contribution in [0.4, 0.5) is 0 Å². The Bertz CT molecular complexity index is 168. The molecule has 6 nitrogen and oxygen atoms in total. The Balaban J connectivity index is 2.70. The van der Waals surface area contributed by atoms with Gasteiger partial charge in [-0.1, -0.05) is 0 Å². The number of hydrogen-bond donors (Lipinski definition) is 4. The SMILES string of the molecule is O=C1OC(O)[C@@H](O)C(O)C1O. The molecule has 1 saturated heterocycles. The lowest BCUT2D eigenvalue weighted by molar-refractivity contribution is -0.241. The third kappa shape index (κ3) is 1.33. The summed E-state index contributed by atoms with van der Waals surface area (Å²) in [5.74, 6) is -1.14. The zero-order valence-electron chi connectivity index (χ0n) is 5.41. The lowest BCUT2D eigenvalue weighted by Crippen LogP contribution is -2.55. The normalized spacial score (nSPS) is 45.3. The van der Waals surface area contributed by atoms with Gasteiger partial charge < -0.3 is 25.2 Å². The van der Waals surface area contributed by atoms with Crippen LogP contribution < -0.4 is 0 Å². The maximum Gasteiger partial charge on any atom is 0.340 e. The lowest BCUT2D eigenvalue weighted by Gasteiger charge is -2.30. The van der Waals surface area contributed by atoms with Gasteiger partial charge in [-0.2, -0.15) is 0 Å². The van der Waals surface area contributed by atoms with Crippen molar-refractivity contribution < 1.29 is 30.0 Å². The summed E-state index contributed by atoms with van der Waals surface area (Å²) in [5, 5.41) is 35.0. The maximum absolute atomic E-state index is 10.5. The third-order valence-electron chi connectivity index (χ3n) is 1.44. The van der Waals surface area contributed by atoms with Gasteiger partial charge in [-0.25, -0.2) is 4.79 Å². The second-order valence-electron chi connectivity index (χ2n) is 2.25. The smallest absolute Gasteiger partial charge is 0.340 e. The van der Waals surface area contributed by atoms with Crippen molar-refractivity contribution in [2.75, 3.05) is 0 Å². The fraction of sp³-hybridized carbons (Fsp3) is 0.800. The number of carbonyl (C=O) groups is 1. The van der Waals surface area contributed by atoms with Gasteiger partial charge in [-0.05, 0) is 0 Å². The number of aliphatic hydroxyl groups excluding tert-OH is 4. The van der Waals surface area contributed by atoms with Crippen molar-refractivity contribution in [2.24, 2.45) is 0 Å². The molecule has 1 aliphatic rings. The number of carbonyl (C=O) groups excluding carboxylic acids is 1. The molecule has 1 heterocycles. The standard InChI is InChI=1S/C5H8O6/c6-1-2(7)4(9)11-5(10)3(1)8/h1-4,6-9H/t1?,2-,3?,4?/m0/s1. The van der Waals surface area contributed by atoms with Crippen molar-refractivity contribution in [2.45, 2.75) is 24.6 Å². The van der Waals surface area contributed by atoms with Crippen LogP contribution in [0.3, 0.4) is 0 Å². The molecule has 0 radical (unpaired) electrons. The maximum atomic E-state index is 10.5. The van der Waals surface area contributed by atoms with E-state index in [2.05, 4.69) is 4.74 Å². The first-order chi connectivity index (χ1) is 5.04. The van der Waals surface area contributed by atoms with Gasteiger partial charge >= 0.3 is 5.97 Å². The van der Waals surface area contributed by atoms with Gasteiger partial charge in [0.15, 0.2) is 6.10 Å². The molecular formula is C5H8O6. The van der Waals surface area contributed by atoms with Crippen LogP contribution in [0.15, 0.2) is 0 Å². The fourth-order valence-electron chi connectivity index (χ4n) is 0.753. The molecule has 64 valence electrons. The number of esters is 1. The number of ether oxygens (including phenoxy) is 1. The first-order valence-electron chi connectivity index (χ1n) is 2.97. The van der Waals surface area contributed by atoms with Crippen LogP contribution in [0, 0.1) is 0 Å². The minimum Gasteiger partial charge on any atom is -0.431 e. The predicted molar refractivity (Wildman–Crippen MR) is 30.1 cm³/mol. The topological polar surface area (TPSA) is 107 Å². The molecule has 1 fully saturated rings. The second-order valence-corrected chi connectivity index (χ2v) is 2.25. The van der Waals surface area contributed by atoms with Crippen molar-refractivity contribution in [3.63, 3.8) is 0 Å². The highest BCUT2D eigenvalue weighted by molar-refractivity contribution is 5.76. The summed E-state index contributed by atoms with van der Waals surface area (Å²) in [5.41, 5.74) is 0. The van der Waals surface area contributed by atoms with Crippen molar-refractivity contribution >= 4 is 5.97 Å². The Morgan fingerprint density at radius 3 is 2.18 bits per heavy atom. The Hall–Kier alpha value is -0.690. The van der Waals surface area contributed by atoms with Crippen LogP contribution in [0.2, 0.25) is 0 Å². The summed E-state index contributed by atoms with van der Waals surface area (Å²) < 4.78 is 4.04. The van der Waals surface area contributed by atoms with E-state index in [9.17, 15) is 4.79 Å². The Morgan fingerprint density at radius 2 is 1.64 bits per heavy atom. The number of aliphatic hydroxyl groups is 4. The monoisotopic (exact) mass is 164 g/mol. The first kappa shape index (κ1) is 8.41. The van der Waals surface area contributed by atoms with Crippen LogP contribution in [-0.2, 0) is 9.53 Å². The summed E-state index contributed by atoms with van der Waals surface area (Å²) in [6.45, 7) is 0. The molecule has 0 bridgehead atoms. The molecule has 0 spiro atoms. The molecule has 11 heavy (non-hydrogen) atoms. The van der Waals surface area contributed by atoms with Crippen LogP contribution in [0.5, 0.6) is 0 Å². The summed E-state index contributed by atoms with van der Waals surface area (Å²) in [7, 11) is 0. The summed E-state index contributed by atoms with van der Waals surface area (Å²) in [6.07, 6.45) is -6.89. The van der Waals surface area contributed by atoms with E-state index in [1.54, 1.807) is 0 Å². The van der Waals surface area contributed by atoms with Gasteiger partial charge in [0, 0.05) is 0 Å². The minimum absolute atomic E-state index is 1.14. The third-order valence-corrected chi connectivity index (χ3v) is 1.44. The van der Waals surface area contributed by atoms with E-state index in [0.717, 1.165) is 0 Å². The minimum atomic E-state index is -1.78. The molecule has 1 rings (SSSR count). The Kier molecular flexibility index (Phi) is 2.10. The van der Waals surface area contributed by atoms with E-state index in [4.69, 9.17) is 20.4 Å². The highest BCUT2D eigenvalue weighted by Gasteiger charge is 2.42. The molecule has 6 heteroatoms. The summed E-state index contributed by atoms with van der Waals surface area (Å²) in [6, 6.07) is 0. The molecule has 0 saturated carbocycles. The molecule has 4 N–H and O–H groups in total. The summed E-state index contributed by atoms with van der Waals surface area (Å²) in [4.78, 5) is 10.5. The lowest BCUT2D eigenvalue weighted by atomic mass is 10.1. The molecule has 3 unspecified atom stereocenters. The Labute approximate surface area is 61.6 Å². The molecule has 0 amide bonds. The average Bonchev–Trinajstić information content (AvgIpc) is 1.97. The highest BCUT2D eigenvalue weighted by atomic mass is 16.7. The molecule has 0 aromatic heterocycles. The predicted octanol–water partition coefficient (Wildman–Crippen LogP) is -3.06. The van der Waals surface area contributed by atoms with Crippen molar-refractivity contribution in [3.8, 4) is 0 Å². The number of hydrogen-bond acceptors (Lipinski definition) is 6. The average molecular weight is 164 g/mol. The Morgan fingerprint density at radius 1 is 1.09 bits per heavy atom. The zero-order chi connectivity index (χ0) is 8.59. The van der Waals surface area contributed by atoms with E-state index in [1.807, 2.05) is 0 Å². The van der Waals surface area contributed by atoms with E-state index >= 15 is 0 Å². The quantitative estimate of drug-likeness (QED) is 0.283. The van der Waals surface area contributed by atoms with Crippen LogP contribution in [0.1, 0.15) is 0 Å². The van der Waals surface area contributed by atoms with Crippen molar-refractivity contribution in [1.82, 2.24) is 0 Å². The van der Waals surface area contributed by atoms with Crippen LogP contribution >= 0.6 is 0 Å². The van der Waals surface area contributed by atoms with E-state index < -0.39 is 30.6 Å². The molecular weight excluding hydrogens is 156 g/mol. The highest BCUT2D eigenvalue weighted by Crippen LogP contribution is 2.14. The van der Waals surface area contributed by atoms with Crippen LogP contribution in [0.25, 0.3) is 0 Å². The van der Waals surface area contributed by atoms with Gasteiger partial charge in [0.05, 0.1) is 0 Å². The largest absolute Gasteiger partial charge is 0.431 e. The number of rotatable bonds is 0. The summed E-state index contributed by atoms with van der Waals surface area (Å²) >= 11 is 0. The molecule has 4 atom stereocenters. The zero-order valence-corrected chi connectivity index (χ0v) is 5.41. The van der Waals surface area contributed by atoms with Crippen molar-refractivity contribution in [1.29, 1.82) is 0 Å². The van der Waals surface area contributed by atoms with E-state index in [0.29, 0.717) is 0 Å². The van der Waals surface area contributed by atoms with Gasteiger partial charge in [0.25, 0.3) is 0 Å². The number of cyclic esters (lactones) is 1. The molecule has 1 aliphatic heterocycles. The second kappa shape index (κ2) is 2.74. The molecule has 0 aliphatic carbocycles. The first-order valence-corrected chi connectivity index (χ1v) is 2.97. The molecule has 0 aromatic rings. The van der Waals surface area contributed by atoms with Gasteiger partial charge in [0.2, 0.25) is 6.29 Å². The van der Waals surface area contributed by atoms with E-state index in [1.165, 1.54) is 0 Å². The van der Waals surface area contributed by atoms with Crippen LogP contribution in [-0.4, -0.2) is 51.0 Å². The fourth-order valence-corrected chi connectivity index (χ4v) is 0.753. The van der Waals surface area contributed by atoms with E-state index in [-0.39, 0.29) is 0 Å². The molecule has 0 aromatic carbocycles. The van der Waals surface area contributed by atoms with Gasteiger partial charge in [0.1, 0.15) is 12.2 Å². The van der Waals surface area contributed by atoms with Gasteiger partial charge in [-0.3, -0.25) is 0 Å². The van der Waals surface area contributed by atoms with Crippen molar-refractivity contribution in [3.05, 3.63) is 0 Å².